The Kier molecular flexibility index (Phi) is 3.81. The van der Waals surface area contributed by atoms with Gasteiger partial charge in [-0.1, -0.05) is 0 Å². The van der Waals surface area contributed by atoms with Crippen molar-refractivity contribution in [3.05, 3.63) is 23.8 Å². The van der Waals surface area contributed by atoms with E-state index in [0.29, 0.717) is 5.56 Å². The number of hydrogen-bond acceptors (Lipinski definition) is 4. The molecule has 74 valence electrons. The number of nitrogens with zero attached hydrogens (tertiary/aromatic N) is 1. The molecule has 1 aromatic carbocycles. The van der Waals surface area contributed by atoms with E-state index >= 15 is 0 Å². The van der Waals surface area contributed by atoms with Crippen LogP contribution in [0.5, 0.6) is 5.75 Å². The number of phenols is 1. The average Bonchev–Trinajstić information content (AvgIpc) is 2.19. The molecule has 0 spiro atoms. The molecular weight excluding hydrogens is 196 g/mol. The summed E-state index contributed by atoms with van der Waals surface area (Å²) in [5, 5.41) is 18.0. The molecule has 1 aromatic rings. The van der Waals surface area contributed by atoms with E-state index in [4.69, 9.17) is 11.0 Å². The monoisotopic (exact) mass is 208 g/mol. The topological polar surface area (TPSA) is 70.0 Å². The molecule has 0 heterocycles. The molecule has 4 heteroatoms. The average molecular weight is 208 g/mol. The third kappa shape index (κ3) is 2.41. The van der Waals surface area contributed by atoms with Gasteiger partial charge < -0.3 is 10.8 Å². The molecule has 0 saturated carbocycles. The first-order valence-electron chi connectivity index (χ1n) is 4.18. The van der Waals surface area contributed by atoms with Crippen molar-refractivity contribution in [2.24, 2.45) is 5.73 Å². The zero-order valence-electron chi connectivity index (χ0n) is 7.90. The summed E-state index contributed by atoms with van der Waals surface area (Å²) in [6, 6.07) is 6.83. The second kappa shape index (κ2) is 4.89. The molecule has 0 aromatic heterocycles. The molecule has 0 saturated heterocycles. The highest BCUT2D eigenvalue weighted by Gasteiger charge is 2.10. The van der Waals surface area contributed by atoms with E-state index in [1.807, 2.05) is 24.5 Å². The first-order valence-corrected chi connectivity index (χ1v) is 5.41. The fourth-order valence-electron chi connectivity index (χ4n) is 1.16. The molecule has 3 nitrogen and oxygen atoms in total. The first kappa shape index (κ1) is 10.9. The molecule has 3 N–H and O–H groups in total. The van der Waals surface area contributed by atoms with Crippen molar-refractivity contribution < 1.29 is 5.11 Å². The van der Waals surface area contributed by atoms with E-state index in [2.05, 4.69) is 0 Å². The maximum Gasteiger partial charge on any atom is 0.120 e. The Labute approximate surface area is 87.5 Å². The van der Waals surface area contributed by atoms with Gasteiger partial charge in [-0.25, -0.2) is 0 Å². The highest BCUT2D eigenvalue weighted by atomic mass is 32.2. The van der Waals surface area contributed by atoms with Gasteiger partial charge in [0.25, 0.3) is 0 Å². The van der Waals surface area contributed by atoms with Crippen LogP contribution in [0.2, 0.25) is 0 Å². The largest absolute Gasteiger partial charge is 0.508 e. The van der Waals surface area contributed by atoms with Gasteiger partial charge in [0.05, 0.1) is 12.5 Å². The molecule has 0 aliphatic rings. The predicted molar refractivity (Wildman–Crippen MR) is 57.0 cm³/mol. The number of rotatable bonds is 3. The molecule has 0 aliphatic heterocycles. The Balaban J connectivity index is 3.00. The fourth-order valence-corrected chi connectivity index (χ4v) is 1.61. The number of nitriles is 1. The van der Waals surface area contributed by atoms with Crippen LogP contribution in [0.15, 0.2) is 23.1 Å². The highest BCUT2D eigenvalue weighted by molar-refractivity contribution is 7.98. The number of nitrogens with two attached hydrogens (primary N) is 1. The van der Waals surface area contributed by atoms with Gasteiger partial charge in [0, 0.05) is 16.5 Å². The fraction of sp³-hybridized carbons (Fsp3) is 0.300. The van der Waals surface area contributed by atoms with Crippen molar-refractivity contribution in [2.45, 2.75) is 17.4 Å². The Morgan fingerprint density at radius 1 is 1.64 bits per heavy atom. The van der Waals surface area contributed by atoms with Crippen LogP contribution in [0.25, 0.3) is 0 Å². The van der Waals surface area contributed by atoms with Crippen molar-refractivity contribution in [3.63, 3.8) is 0 Å². The summed E-state index contributed by atoms with van der Waals surface area (Å²) in [7, 11) is 0. The lowest BCUT2D eigenvalue weighted by Gasteiger charge is -2.11. The summed E-state index contributed by atoms with van der Waals surface area (Å²) in [4.78, 5) is 1.03. The summed E-state index contributed by atoms with van der Waals surface area (Å²) in [5.74, 6) is 0.158. The van der Waals surface area contributed by atoms with Gasteiger partial charge in [0.2, 0.25) is 0 Å². The second-order valence-electron chi connectivity index (χ2n) is 2.89. The van der Waals surface area contributed by atoms with E-state index in [0.717, 1.165) is 4.90 Å². The van der Waals surface area contributed by atoms with E-state index < -0.39 is 6.04 Å². The Hall–Kier alpha value is -1.18. The van der Waals surface area contributed by atoms with Crippen molar-refractivity contribution in [2.75, 3.05) is 6.26 Å². The number of benzene rings is 1. The molecule has 1 rings (SSSR count). The van der Waals surface area contributed by atoms with E-state index in [-0.39, 0.29) is 12.2 Å². The molecule has 1 atom stereocenters. The second-order valence-corrected chi connectivity index (χ2v) is 3.77. The molecule has 0 unspecified atom stereocenters. The Morgan fingerprint density at radius 2 is 2.36 bits per heavy atom. The number of thioether (sulfide) groups is 1. The van der Waals surface area contributed by atoms with Crippen LogP contribution in [-0.4, -0.2) is 11.4 Å². The van der Waals surface area contributed by atoms with Crippen molar-refractivity contribution in [1.82, 2.24) is 0 Å². The van der Waals surface area contributed by atoms with Crippen LogP contribution >= 0.6 is 11.8 Å². The number of aromatic hydroxyl groups is 1. The summed E-state index contributed by atoms with van der Waals surface area (Å²) < 4.78 is 0. The van der Waals surface area contributed by atoms with Gasteiger partial charge in [-0.2, -0.15) is 5.26 Å². The summed E-state index contributed by atoms with van der Waals surface area (Å²) in [6.45, 7) is 0. The number of hydrogen-bond donors (Lipinski definition) is 2. The lowest BCUT2D eigenvalue weighted by molar-refractivity contribution is 0.461. The van der Waals surface area contributed by atoms with Crippen LogP contribution in [0.1, 0.15) is 18.0 Å². The van der Waals surface area contributed by atoms with Crippen LogP contribution in [0, 0.1) is 11.3 Å². The molecule has 0 fully saturated rings. The van der Waals surface area contributed by atoms with Crippen LogP contribution in [0.3, 0.4) is 0 Å². The van der Waals surface area contributed by atoms with Gasteiger partial charge in [0.1, 0.15) is 5.75 Å². The smallest absolute Gasteiger partial charge is 0.120 e. The van der Waals surface area contributed by atoms with Gasteiger partial charge >= 0.3 is 0 Å². The van der Waals surface area contributed by atoms with Gasteiger partial charge in [-0.05, 0) is 24.5 Å². The minimum atomic E-state index is -0.410. The minimum absolute atomic E-state index is 0.158. The SMILES string of the molecule is CSc1ccc(O)c([C@H](N)CC#N)c1. The molecule has 0 bridgehead atoms. The summed E-state index contributed by atoms with van der Waals surface area (Å²) >= 11 is 1.58. The quantitative estimate of drug-likeness (QED) is 0.746. The maximum atomic E-state index is 9.53. The standard InChI is InChI=1S/C10H12N2OS/c1-14-7-2-3-10(13)8(6-7)9(12)4-5-11/h2-3,6,9,13H,4,12H2,1H3/t9-/m1/s1. The zero-order chi connectivity index (χ0) is 10.6. The summed E-state index contributed by atoms with van der Waals surface area (Å²) in [5.41, 5.74) is 6.38. The van der Waals surface area contributed by atoms with Crippen LogP contribution in [-0.2, 0) is 0 Å². The molecule has 0 amide bonds. The first-order chi connectivity index (χ1) is 6.69. The molecule has 14 heavy (non-hydrogen) atoms. The minimum Gasteiger partial charge on any atom is -0.508 e. The van der Waals surface area contributed by atoms with Crippen molar-refractivity contribution in [3.8, 4) is 11.8 Å². The van der Waals surface area contributed by atoms with E-state index in [1.54, 1.807) is 17.8 Å². The zero-order valence-corrected chi connectivity index (χ0v) is 8.71. The van der Waals surface area contributed by atoms with Crippen molar-refractivity contribution >= 4 is 11.8 Å². The highest BCUT2D eigenvalue weighted by Crippen LogP contribution is 2.28. The number of phenolic OH excluding ortho intramolecular Hbond substituents is 1. The predicted octanol–water partition coefficient (Wildman–Crippen LogP) is 2.03. The van der Waals surface area contributed by atoms with Crippen LogP contribution < -0.4 is 5.73 Å². The lowest BCUT2D eigenvalue weighted by Crippen LogP contribution is -2.09. The lowest BCUT2D eigenvalue weighted by atomic mass is 10.0. The molecule has 0 aliphatic carbocycles. The Morgan fingerprint density at radius 3 is 2.93 bits per heavy atom. The third-order valence-electron chi connectivity index (χ3n) is 1.95. The molecule has 0 radical (unpaired) electrons. The normalized spacial score (nSPS) is 12.1. The summed E-state index contributed by atoms with van der Waals surface area (Å²) in [6.07, 6.45) is 2.16. The van der Waals surface area contributed by atoms with Gasteiger partial charge in [-0.15, -0.1) is 11.8 Å². The van der Waals surface area contributed by atoms with Gasteiger partial charge in [-0.3, -0.25) is 0 Å². The molecular formula is C10H12N2OS. The van der Waals surface area contributed by atoms with E-state index in [1.165, 1.54) is 0 Å². The Bertz CT molecular complexity index is 360. The van der Waals surface area contributed by atoms with E-state index in [9.17, 15) is 5.11 Å². The van der Waals surface area contributed by atoms with Crippen LogP contribution in [0.4, 0.5) is 0 Å². The third-order valence-corrected chi connectivity index (χ3v) is 2.67. The maximum absolute atomic E-state index is 9.53. The van der Waals surface area contributed by atoms with Gasteiger partial charge in [0.15, 0.2) is 0 Å². The van der Waals surface area contributed by atoms with Crippen molar-refractivity contribution in [1.29, 1.82) is 5.26 Å².